The van der Waals surface area contributed by atoms with Gasteiger partial charge in [0.15, 0.2) is 0 Å². The highest BCUT2D eigenvalue weighted by Crippen LogP contribution is 2.33. The molecule has 0 heterocycles. The van der Waals surface area contributed by atoms with Crippen LogP contribution in [0.4, 0.5) is 0 Å². The van der Waals surface area contributed by atoms with Gasteiger partial charge in [0.1, 0.15) is 0 Å². The second-order valence-electron chi connectivity index (χ2n) is 7.06. The summed E-state index contributed by atoms with van der Waals surface area (Å²) in [6.07, 6.45) is 3.47. The van der Waals surface area contributed by atoms with Crippen LogP contribution in [0.25, 0.3) is 0 Å². The van der Waals surface area contributed by atoms with Gasteiger partial charge in [-0.05, 0) is 49.4 Å². The van der Waals surface area contributed by atoms with Crippen LogP contribution in [0.3, 0.4) is 0 Å². The smallest absolute Gasteiger partial charge is 0.251 e. The zero-order chi connectivity index (χ0) is 18.5. The molecule has 0 aromatic heterocycles. The third-order valence-corrected chi connectivity index (χ3v) is 5.09. The van der Waals surface area contributed by atoms with E-state index in [0.29, 0.717) is 12.0 Å². The minimum Gasteiger partial charge on any atom is -0.349 e. The number of hydrogen-bond acceptors (Lipinski definition) is 2. The largest absolute Gasteiger partial charge is 0.349 e. The van der Waals surface area contributed by atoms with E-state index < -0.39 is 0 Å². The number of hydrogen-bond donors (Lipinski definition) is 1. The fraction of sp³-hybridized carbons (Fsp3) is 0.364. The van der Waals surface area contributed by atoms with Crippen LogP contribution < -0.4 is 5.32 Å². The molecule has 2 aromatic rings. The Hall–Kier alpha value is -2.62. The van der Waals surface area contributed by atoms with Gasteiger partial charge in [0.25, 0.3) is 5.91 Å². The fourth-order valence-corrected chi connectivity index (χ4v) is 3.66. The van der Waals surface area contributed by atoms with Gasteiger partial charge in [0.2, 0.25) is 5.91 Å². The normalized spacial score (nSPS) is 17.1. The van der Waals surface area contributed by atoms with Crippen LogP contribution in [0.2, 0.25) is 0 Å². The number of nitrogens with zero attached hydrogens (tertiary/aromatic N) is 1. The summed E-state index contributed by atoms with van der Waals surface area (Å²) in [4.78, 5) is 26.8. The van der Waals surface area contributed by atoms with Crippen molar-refractivity contribution in [1.29, 1.82) is 0 Å². The molecule has 1 aliphatic rings. The molecule has 3 rings (SSSR count). The van der Waals surface area contributed by atoms with Crippen molar-refractivity contribution in [3.05, 3.63) is 71.3 Å². The Labute approximate surface area is 155 Å². The summed E-state index contributed by atoms with van der Waals surface area (Å²) in [7, 11) is 1.88. The summed E-state index contributed by atoms with van der Waals surface area (Å²) in [6, 6.07) is 17.4. The lowest BCUT2D eigenvalue weighted by molar-refractivity contribution is -0.132. The lowest BCUT2D eigenvalue weighted by Gasteiger charge is -2.34. The first-order valence-corrected chi connectivity index (χ1v) is 9.25. The Morgan fingerprint density at radius 1 is 1.12 bits per heavy atom. The Kier molecular flexibility index (Phi) is 5.71. The van der Waals surface area contributed by atoms with E-state index in [1.54, 1.807) is 12.1 Å². The minimum absolute atomic E-state index is 0.0626. The van der Waals surface area contributed by atoms with Crippen molar-refractivity contribution in [2.24, 2.45) is 0 Å². The number of benzene rings is 2. The summed E-state index contributed by atoms with van der Waals surface area (Å²) in [5.41, 5.74) is 3.21. The van der Waals surface area contributed by atoms with Crippen LogP contribution in [0.15, 0.2) is 54.6 Å². The molecule has 0 bridgehead atoms. The molecule has 0 radical (unpaired) electrons. The van der Waals surface area contributed by atoms with E-state index >= 15 is 0 Å². The lowest BCUT2D eigenvalue weighted by atomic mass is 9.87. The summed E-state index contributed by atoms with van der Waals surface area (Å²) in [5.74, 6) is -0.0795. The van der Waals surface area contributed by atoms with Gasteiger partial charge in [0.05, 0.1) is 6.04 Å². The van der Waals surface area contributed by atoms with Gasteiger partial charge in [-0.1, -0.05) is 42.5 Å². The monoisotopic (exact) mass is 350 g/mol. The van der Waals surface area contributed by atoms with Crippen molar-refractivity contribution in [2.75, 3.05) is 7.05 Å². The highest BCUT2D eigenvalue weighted by atomic mass is 16.2. The van der Waals surface area contributed by atoms with Gasteiger partial charge in [0, 0.05) is 25.1 Å². The van der Waals surface area contributed by atoms with E-state index in [9.17, 15) is 9.59 Å². The zero-order valence-electron chi connectivity index (χ0n) is 15.4. The number of amides is 2. The molecule has 4 heteroatoms. The van der Waals surface area contributed by atoms with E-state index in [1.165, 1.54) is 11.1 Å². The Morgan fingerprint density at radius 2 is 1.81 bits per heavy atom. The van der Waals surface area contributed by atoms with E-state index in [4.69, 9.17) is 0 Å². The molecule has 1 aliphatic carbocycles. The molecule has 26 heavy (non-hydrogen) atoms. The molecule has 2 amide bonds. The molecule has 0 fully saturated rings. The predicted molar refractivity (Wildman–Crippen MR) is 103 cm³/mol. The van der Waals surface area contributed by atoms with E-state index in [1.807, 2.05) is 43.1 Å². The van der Waals surface area contributed by atoms with Crippen LogP contribution in [0, 0.1) is 0 Å². The Bertz CT molecular complexity index is 773. The minimum atomic E-state index is -0.212. The first-order chi connectivity index (χ1) is 12.6. The Balaban J connectivity index is 1.60. The average Bonchev–Trinajstić information content (AvgIpc) is 2.67. The van der Waals surface area contributed by atoms with Gasteiger partial charge in [-0.2, -0.15) is 0 Å². The second-order valence-corrected chi connectivity index (χ2v) is 7.06. The third kappa shape index (κ3) is 4.13. The lowest BCUT2D eigenvalue weighted by Crippen LogP contribution is -2.39. The molecule has 0 saturated heterocycles. The number of aryl methyl sites for hydroxylation is 1. The van der Waals surface area contributed by atoms with Crippen molar-refractivity contribution in [2.45, 2.75) is 44.7 Å². The van der Waals surface area contributed by atoms with Crippen LogP contribution in [0.5, 0.6) is 0 Å². The van der Waals surface area contributed by atoms with Crippen molar-refractivity contribution in [3.63, 3.8) is 0 Å². The van der Waals surface area contributed by atoms with E-state index in [0.717, 1.165) is 19.3 Å². The maximum absolute atomic E-state index is 12.8. The van der Waals surface area contributed by atoms with Gasteiger partial charge < -0.3 is 10.2 Å². The zero-order valence-corrected chi connectivity index (χ0v) is 15.4. The van der Waals surface area contributed by atoms with E-state index in [-0.39, 0.29) is 23.9 Å². The molecule has 0 unspecified atom stereocenters. The molecule has 0 aliphatic heterocycles. The van der Waals surface area contributed by atoms with Crippen molar-refractivity contribution < 1.29 is 9.59 Å². The highest BCUT2D eigenvalue weighted by molar-refractivity contribution is 5.94. The quantitative estimate of drug-likeness (QED) is 0.893. The predicted octanol–water partition coefficient (Wildman–Crippen LogP) is 3.73. The summed E-state index contributed by atoms with van der Waals surface area (Å²) >= 11 is 0. The summed E-state index contributed by atoms with van der Waals surface area (Å²) in [5, 5.41) is 2.92. The van der Waals surface area contributed by atoms with Crippen molar-refractivity contribution in [3.8, 4) is 0 Å². The number of rotatable bonds is 5. The SMILES string of the molecule is C[C@@H](CC(=O)N(C)[C@@H]1CCCc2ccccc21)NC(=O)c1ccccc1. The molecular weight excluding hydrogens is 324 g/mol. The summed E-state index contributed by atoms with van der Waals surface area (Å²) in [6.45, 7) is 1.88. The van der Waals surface area contributed by atoms with E-state index in [2.05, 4.69) is 23.5 Å². The molecule has 2 atom stereocenters. The first kappa shape index (κ1) is 18.2. The van der Waals surface area contributed by atoms with Crippen LogP contribution in [0.1, 0.15) is 53.7 Å². The number of nitrogens with one attached hydrogen (secondary N) is 1. The molecular formula is C22H26N2O2. The van der Waals surface area contributed by atoms with Gasteiger partial charge in [-0.25, -0.2) is 0 Å². The summed E-state index contributed by atoms with van der Waals surface area (Å²) < 4.78 is 0. The number of fused-ring (bicyclic) bond motifs is 1. The number of carbonyl (C=O) groups excluding carboxylic acids is 2. The van der Waals surface area contributed by atoms with Crippen LogP contribution in [-0.4, -0.2) is 29.8 Å². The molecule has 136 valence electrons. The van der Waals surface area contributed by atoms with Crippen LogP contribution in [-0.2, 0) is 11.2 Å². The van der Waals surface area contributed by atoms with Gasteiger partial charge in [-0.15, -0.1) is 0 Å². The fourth-order valence-electron chi connectivity index (χ4n) is 3.66. The standard InChI is InChI=1S/C22H26N2O2/c1-16(23-22(26)18-10-4-3-5-11-18)15-21(25)24(2)20-14-8-12-17-9-6-7-13-19(17)20/h3-7,9-11,13,16,20H,8,12,14-15H2,1-2H3,(H,23,26)/t16-,20+/m0/s1. The van der Waals surface area contributed by atoms with Crippen LogP contribution >= 0.6 is 0 Å². The second kappa shape index (κ2) is 8.17. The maximum atomic E-state index is 12.8. The molecule has 0 saturated carbocycles. The molecule has 0 spiro atoms. The molecule has 4 nitrogen and oxygen atoms in total. The topological polar surface area (TPSA) is 49.4 Å². The Morgan fingerprint density at radius 3 is 2.58 bits per heavy atom. The third-order valence-electron chi connectivity index (χ3n) is 5.09. The van der Waals surface area contributed by atoms with Gasteiger partial charge >= 0.3 is 0 Å². The number of carbonyl (C=O) groups is 2. The molecule has 1 N–H and O–H groups in total. The maximum Gasteiger partial charge on any atom is 0.251 e. The highest BCUT2D eigenvalue weighted by Gasteiger charge is 2.27. The van der Waals surface area contributed by atoms with Gasteiger partial charge in [-0.3, -0.25) is 9.59 Å². The van der Waals surface area contributed by atoms with Crippen molar-refractivity contribution in [1.82, 2.24) is 10.2 Å². The average molecular weight is 350 g/mol. The first-order valence-electron chi connectivity index (χ1n) is 9.25. The van der Waals surface area contributed by atoms with Crippen molar-refractivity contribution >= 4 is 11.8 Å². The molecule has 2 aromatic carbocycles.